The number of hydrogen-bond donors (Lipinski definition) is 1. The zero-order valence-electron chi connectivity index (χ0n) is 13.9. The highest BCUT2D eigenvalue weighted by atomic mass is 19.4. The van der Waals surface area contributed by atoms with Gasteiger partial charge in [-0.25, -0.2) is 4.79 Å². The maximum Gasteiger partial charge on any atom is 0.432 e. The summed E-state index contributed by atoms with van der Waals surface area (Å²) in [5, 5.41) is 10.0. The maximum absolute atomic E-state index is 13.3. The van der Waals surface area contributed by atoms with E-state index in [9.17, 15) is 27.9 Å². The van der Waals surface area contributed by atoms with Crippen molar-refractivity contribution in [2.45, 2.75) is 18.7 Å². The van der Waals surface area contributed by atoms with Crippen LogP contribution in [0.4, 0.5) is 18.9 Å². The normalized spacial score (nSPS) is 13.8. The largest absolute Gasteiger partial charge is 0.463 e. The number of hydrogen-bond acceptors (Lipinski definition) is 5. The molecule has 140 valence electrons. The molecule has 1 heterocycles. The van der Waals surface area contributed by atoms with E-state index in [1.807, 2.05) is 0 Å². The number of anilines is 1. The average Bonchev–Trinajstić information content (AvgIpc) is 3.13. The third-order valence-corrected chi connectivity index (χ3v) is 3.69. The Labute approximate surface area is 146 Å². The lowest BCUT2D eigenvalue weighted by molar-refractivity contribution is -0.267. The molecule has 0 unspecified atom stereocenters. The van der Waals surface area contributed by atoms with Crippen molar-refractivity contribution in [2.24, 2.45) is 0 Å². The van der Waals surface area contributed by atoms with Crippen molar-refractivity contribution >= 4 is 17.6 Å². The highest BCUT2D eigenvalue weighted by molar-refractivity contribution is 6.03. The summed E-state index contributed by atoms with van der Waals surface area (Å²) in [4.78, 5) is 25.0. The fraction of sp³-hybridized carbons (Fsp3) is 0.294. The molecule has 0 aliphatic carbocycles. The van der Waals surface area contributed by atoms with Gasteiger partial charge in [0.15, 0.2) is 5.76 Å². The second-order valence-corrected chi connectivity index (χ2v) is 5.32. The Morgan fingerprint density at radius 1 is 1.19 bits per heavy atom. The van der Waals surface area contributed by atoms with Crippen molar-refractivity contribution in [3.05, 3.63) is 54.0 Å². The van der Waals surface area contributed by atoms with Gasteiger partial charge in [0.1, 0.15) is 0 Å². The van der Waals surface area contributed by atoms with E-state index in [1.54, 1.807) is 0 Å². The van der Waals surface area contributed by atoms with Crippen molar-refractivity contribution in [1.82, 2.24) is 0 Å². The first-order valence-electron chi connectivity index (χ1n) is 7.51. The Bertz CT molecular complexity index is 771. The summed E-state index contributed by atoms with van der Waals surface area (Å²) in [6, 6.07) is 7.12. The van der Waals surface area contributed by atoms with Gasteiger partial charge in [-0.2, -0.15) is 13.2 Å². The van der Waals surface area contributed by atoms with Crippen LogP contribution in [0.5, 0.6) is 0 Å². The van der Waals surface area contributed by atoms with E-state index in [4.69, 9.17) is 4.42 Å². The lowest BCUT2D eigenvalue weighted by atomic mass is 9.93. The zero-order valence-corrected chi connectivity index (χ0v) is 13.9. The van der Waals surface area contributed by atoms with E-state index in [2.05, 4.69) is 4.74 Å². The summed E-state index contributed by atoms with van der Waals surface area (Å²) in [6.45, 7) is 1.00. The van der Waals surface area contributed by atoms with Crippen molar-refractivity contribution in [3.8, 4) is 0 Å². The Kier molecular flexibility index (Phi) is 5.41. The van der Waals surface area contributed by atoms with E-state index < -0.39 is 29.2 Å². The van der Waals surface area contributed by atoms with E-state index >= 15 is 0 Å². The summed E-state index contributed by atoms with van der Waals surface area (Å²) >= 11 is 0. The van der Waals surface area contributed by atoms with E-state index in [1.165, 1.54) is 44.5 Å². The molecular weight excluding hydrogens is 355 g/mol. The minimum absolute atomic E-state index is 0.0508. The molecule has 0 fully saturated rings. The molecule has 0 saturated carbocycles. The van der Waals surface area contributed by atoms with Gasteiger partial charge >= 0.3 is 12.1 Å². The average molecular weight is 371 g/mol. The van der Waals surface area contributed by atoms with E-state index in [-0.39, 0.29) is 18.1 Å². The molecule has 0 radical (unpaired) electrons. The first-order chi connectivity index (χ1) is 12.1. The SMILES string of the molecule is CCOC(=O)[C@@](O)(c1ccc(N(C)C(=O)c2ccco2)cc1)C(F)(F)F. The fourth-order valence-corrected chi connectivity index (χ4v) is 2.24. The van der Waals surface area contributed by atoms with Crippen LogP contribution in [0.3, 0.4) is 0 Å². The van der Waals surface area contributed by atoms with E-state index in [0.29, 0.717) is 0 Å². The summed E-state index contributed by atoms with van der Waals surface area (Å²) in [6.07, 6.45) is -3.97. The second-order valence-electron chi connectivity index (χ2n) is 5.32. The lowest BCUT2D eigenvalue weighted by Crippen LogP contribution is -2.50. The van der Waals surface area contributed by atoms with Crippen LogP contribution in [0.25, 0.3) is 0 Å². The van der Waals surface area contributed by atoms with Crippen LogP contribution < -0.4 is 4.90 Å². The van der Waals surface area contributed by atoms with Crippen molar-refractivity contribution in [1.29, 1.82) is 0 Å². The molecule has 0 aliphatic heterocycles. The second kappa shape index (κ2) is 7.20. The van der Waals surface area contributed by atoms with Gasteiger partial charge in [-0.1, -0.05) is 12.1 Å². The van der Waals surface area contributed by atoms with E-state index in [0.717, 1.165) is 17.0 Å². The van der Waals surface area contributed by atoms with Crippen LogP contribution >= 0.6 is 0 Å². The zero-order chi connectivity index (χ0) is 19.5. The number of aliphatic hydroxyl groups is 1. The molecule has 2 aromatic rings. The number of esters is 1. The molecule has 0 bridgehead atoms. The predicted molar refractivity (Wildman–Crippen MR) is 84.5 cm³/mol. The number of ether oxygens (including phenoxy) is 1. The Morgan fingerprint density at radius 2 is 1.81 bits per heavy atom. The predicted octanol–water partition coefficient (Wildman–Crippen LogP) is 2.87. The third-order valence-electron chi connectivity index (χ3n) is 3.69. The third kappa shape index (κ3) is 3.43. The van der Waals surface area contributed by atoms with Crippen LogP contribution in [0, 0.1) is 0 Å². The number of nitrogens with zero attached hydrogens (tertiary/aromatic N) is 1. The number of benzene rings is 1. The van der Waals surface area contributed by atoms with Gasteiger partial charge in [0.25, 0.3) is 11.5 Å². The first kappa shape index (κ1) is 19.5. The highest BCUT2D eigenvalue weighted by Crippen LogP contribution is 2.40. The summed E-state index contributed by atoms with van der Waals surface area (Å²) in [7, 11) is 1.40. The molecule has 2 rings (SSSR count). The molecule has 6 nitrogen and oxygen atoms in total. The number of alkyl halides is 3. The molecule has 0 aliphatic rings. The Balaban J connectivity index is 2.34. The van der Waals surface area contributed by atoms with Crippen LogP contribution in [-0.4, -0.2) is 36.8 Å². The molecule has 1 amide bonds. The van der Waals surface area contributed by atoms with Crippen LogP contribution in [0.15, 0.2) is 47.1 Å². The number of rotatable bonds is 5. The van der Waals surface area contributed by atoms with Crippen molar-refractivity contribution in [2.75, 3.05) is 18.6 Å². The van der Waals surface area contributed by atoms with Gasteiger partial charge < -0.3 is 19.2 Å². The fourth-order valence-electron chi connectivity index (χ4n) is 2.24. The van der Waals surface area contributed by atoms with Gasteiger partial charge in [0.05, 0.1) is 12.9 Å². The smallest absolute Gasteiger partial charge is 0.432 e. The highest BCUT2D eigenvalue weighted by Gasteiger charge is 2.62. The summed E-state index contributed by atoms with van der Waals surface area (Å²) in [5.41, 5.74) is -4.28. The summed E-state index contributed by atoms with van der Waals surface area (Å²) in [5.74, 6) is -2.28. The van der Waals surface area contributed by atoms with Crippen molar-refractivity contribution in [3.63, 3.8) is 0 Å². The van der Waals surface area contributed by atoms with Gasteiger partial charge in [0.2, 0.25) is 0 Å². The number of amides is 1. The molecule has 1 atom stereocenters. The molecule has 1 aromatic carbocycles. The van der Waals surface area contributed by atoms with Gasteiger partial charge in [-0.3, -0.25) is 4.79 Å². The molecule has 9 heteroatoms. The van der Waals surface area contributed by atoms with Crippen LogP contribution in [0.1, 0.15) is 23.0 Å². The lowest BCUT2D eigenvalue weighted by Gasteiger charge is -2.28. The number of carbonyl (C=O) groups is 2. The molecule has 0 saturated heterocycles. The monoisotopic (exact) mass is 371 g/mol. The molecule has 0 spiro atoms. The number of carbonyl (C=O) groups excluding carboxylic acids is 2. The topological polar surface area (TPSA) is 80.0 Å². The molecule has 1 aromatic heterocycles. The Hall–Kier alpha value is -2.81. The van der Waals surface area contributed by atoms with Gasteiger partial charge in [-0.15, -0.1) is 0 Å². The minimum Gasteiger partial charge on any atom is -0.463 e. The standard InChI is InChI=1S/C17H16F3NO5/c1-3-25-15(23)16(24,17(18,19)20)11-6-8-12(9-7-11)21(2)14(22)13-5-4-10-26-13/h4-10,24H,3H2,1-2H3/t16-/m0/s1. The van der Waals surface area contributed by atoms with Crippen LogP contribution in [-0.2, 0) is 15.1 Å². The molecular formula is C17H16F3NO5. The number of furan rings is 1. The molecule has 26 heavy (non-hydrogen) atoms. The van der Waals surface area contributed by atoms with Gasteiger partial charge in [0, 0.05) is 18.3 Å². The quantitative estimate of drug-likeness (QED) is 0.818. The molecule has 1 N–H and O–H groups in total. The Morgan fingerprint density at radius 3 is 2.27 bits per heavy atom. The number of halogens is 3. The maximum atomic E-state index is 13.3. The van der Waals surface area contributed by atoms with Gasteiger partial charge in [-0.05, 0) is 31.2 Å². The van der Waals surface area contributed by atoms with Crippen LogP contribution in [0.2, 0.25) is 0 Å². The van der Waals surface area contributed by atoms with Crippen molar-refractivity contribution < 1.29 is 37.0 Å². The first-order valence-corrected chi connectivity index (χ1v) is 7.51. The minimum atomic E-state index is -5.28. The summed E-state index contributed by atoms with van der Waals surface area (Å²) < 4.78 is 49.3.